The summed E-state index contributed by atoms with van der Waals surface area (Å²) in [6.07, 6.45) is 2.06. The van der Waals surface area contributed by atoms with E-state index in [0.717, 1.165) is 29.8 Å². The lowest BCUT2D eigenvalue weighted by Crippen LogP contribution is -2.16. The van der Waals surface area contributed by atoms with Gasteiger partial charge in [-0.2, -0.15) is 0 Å². The Morgan fingerprint density at radius 3 is 2.63 bits per heavy atom. The first-order valence-corrected chi connectivity index (χ1v) is 9.12. The van der Waals surface area contributed by atoms with E-state index in [4.69, 9.17) is 16.3 Å². The largest absolute Gasteiger partial charge is 0.495 e. The van der Waals surface area contributed by atoms with Crippen molar-refractivity contribution in [3.8, 4) is 11.4 Å². The van der Waals surface area contributed by atoms with Gasteiger partial charge in [0.05, 0.1) is 24.2 Å². The average Bonchev–Trinajstić information content (AvgIpc) is 3.40. The fourth-order valence-corrected chi connectivity index (χ4v) is 3.18. The van der Waals surface area contributed by atoms with Crippen molar-refractivity contribution in [3.05, 3.63) is 64.4 Å². The van der Waals surface area contributed by atoms with E-state index in [0.29, 0.717) is 28.1 Å². The fraction of sp³-hybridized carbons (Fsp3) is 0.250. The predicted octanol–water partition coefficient (Wildman–Crippen LogP) is 4.37. The van der Waals surface area contributed by atoms with Crippen LogP contribution in [0.2, 0.25) is 5.02 Å². The summed E-state index contributed by atoms with van der Waals surface area (Å²) in [5.74, 6) is 0.505. The Morgan fingerprint density at radius 1 is 1.22 bits per heavy atom. The molecule has 6 nitrogen and oxygen atoms in total. The zero-order valence-electron chi connectivity index (χ0n) is 15.1. The number of nitrogens with zero attached hydrogens (tertiary/aromatic N) is 3. The Balaban J connectivity index is 1.69. The molecular formula is C20H19ClN4O2. The van der Waals surface area contributed by atoms with Crippen molar-refractivity contribution in [2.75, 3.05) is 12.4 Å². The van der Waals surface area contributed by atoms with E-state index < -0.39 is 0 Å². The third-order valence-electron chi connectivity index (χ3n) is 4.57. The first-order valence-electron chi connectivity index (χ1n) is 8.74. The van der Waals surface area contributed by atoms with Gasteiger partial charge < -0.3 is 10.1 Å². The molecule has 1 heterocycles. The first kappa shape index (κ1) is 17.5. The van der Waals surface area contributed by atoms with Crippen LogP contribution in [0.5, 0.6) is 5.75 Å². The minimum atomic E-state index is -0.323. The van der Waals surface area contributed by atoms with E-state index in [1.54, 1.807) is 30.0 Å². The molecule has 1 saturated carbocycles. The first-order chi connectivity index (χ1) is 13.1. The van der Waals surface area contributed by atoms with E-state index in [2.05, 4.69) is 15.6 Å². The summed E-state index contributed by atoms with van der Waals surface area (Å²) in [4.78, 5) is 12.9. The van der Waals surface area contributed by atoms with Crippen molar-refractivity contribution in [3.63, 3.8) is 0 Å². The molecule has 0 bridgehead atoms. The van der Waals surface area contributed by atoms with E-state index in [1.807, 2.05) is 31.2 Å². The zero-order chi connectivity index (χ0) is 19.0. The topological polar surface area (TPSA) is 69.0 Å². The van der Waals surface area contributed by atoms with Crippen LogP contribution in [0.4, 0.5) is 5.69 Å². The van der Waals surface area contributed by atoms with Gasteiger partial charge in [0.2, 0.25) is 0 Å². The van der Waals surface area contributed by atoms with Crippen molar-refractivity contribution >= 4 is 23.2 Å². The molecule has 1 N–H and O–H groups in total. The van der Waals surface area contributed by atoms with Gasteiger partial charge >= 0.3 is 0 Å². The van der Waals surface area contributed by atoms with Crippen molar-refractivity contribution in [1.82, 2.24) is 15.0 Å². The molecule has 27 heavy (non-hydrogen) atoms. The maximum Gasteiger partial charge on any atom is 0.278 e. The van der Waals surface area contributed by atoms with Gasteiger partial charge in [-0.1, -0.05) is 34.5 Å². The highest BCUT2D eigenvalue weighted by molar-refractivity contribution is 6.31. The highest BCUT2D eigenvalue weighted by atomic mass is 35.5. The lowest BCUT2D eigenvalue weighted by molar-refractivity contribution is 0.102. The van der Waals surface area contributed by atoms with E-state index in [-0.39, 0.29) is 5.91 Å². The summed E-state index contributed by atoms with van der Waals surface area (Å²) < 4.78 is 7.06. The molecular weight excluding hydrogens is 364 g/mol. The maximum absolute atomic E-state index is 12.9. The monoisotopic (exact) mass is 382 g/mol. The minimum Gasteiger partial charge on any atom is -0.495 e. The smallest absolute Gasteiger partial charge is 0.278 e. The summed E-state index contributed by atoms with van der Waals surface area (Å²) in [6, 6.07) is 13.1. The molecule has 4 rings (SSSR count). The van der Waals surface area contributed by atoms with E-state index >= 15 is 0 Å². The fourth-order valence-electron chi connectivity index (χ4n) is 3.01. The summed E-state index contributed by atoms with van der Waals surface area (Å²) in [6.45, 7) is 2.03. The van der Waals surface area contributed by atoms with Gasteiger partial charge in [0.25, 0.3) is 5.91 Å². The van der Waals surface area contributed by atoms with Crippen LogP contribution in [0, 0.1) is 6.92 Å². The number of aryl methyl sites for hydroxylation is 1. The Morgan fingerprint density at radius 2 is 1.96 bits per heavy atom. The molecule has 1 amide bonds. The Kier molecular flexibility index (Phi) is 4.58. The van der Waals surface area contributed by atoms with Crippen LogP contribution < -0.4 is 10.1 Å². The summed E-state index contributed by atoms with van der Waals surface area (Å²) in [5, 5.41) is 11.8. The van der Waals surface area contributed by atoms with Crippen LogP contribution in [-0.4, -0.2) is 28.0 Å². The maximum atomic E-state index is 12.9. The number of hydrogen-bond acceptors (Lipinski definition) is 4. The van der Waals surface area contributed by atoms with Crippen LogP contribution in [0.15, 0.2) is 42.5 Å². The molecule has 1 aromatic heterocycles. The third kappa shape index (κ3) is 3.53. The molecule has 0 unspecified atom stereocenters. The predicted molar refractivity (Wildman–Crippen MR) is 104 cm³/mol. The molecule has 3 aromatic rings. The van der Waals surface area contributed by atoms with Gasteiger partial charge in [-0.25, -0.2) is 4.68 Å². The van der Waals surface area contributed by atoms with Gasteiger partial charge in [-0.05, 0) is 50.1 Å². The highest BCUT2D eigenvalue weighted by Gasteiger charge is 2.34. The van der Waals surface area contributed by atoms with Crippen molar-refractivity contribution < 1.29 is 9.53 Å². The van der Waals surface area contributed by atoms with Gasteiger partial charge in [0, 0.05) is 10.9 Å². The number of aromatic nitrogens is 3. The molecule has 0 saturated heterocycles. The molecule has 1 aliphatic carbocycles. The highest BCUT2D eigenvalue weighted by Crippen LogP contribution is 2.42. The number of nitrogens with one attached hydrogen (secondary N) is 1. The number of carbonyl (C=O) groups excluding carboxylic acids is 1. The lowest BCUT2D eigenvalue weighted by Gasteiger charge is -2.11. The van der Waals surface area contributed by atoms with Crippen molar-refractivity contribution in [1.29, 1.82) is 0 Å². The Labute approximate surface area is 162 Å². The van der Waals surface area contributed by atoms with Crippen LogP contribution in [-0.2, 0) is 0 Å². The second kappa shape index (κ2) is 7.04. The number of anilines is 1. The molecule has 7 heteroatoms. The second-order valence-electron chi connectivity index (χ2n) is 6.64. The number of ether oxygens (including phenoxy) is 1. The third-order valence-corrected chi connectivity index (χ3v) is 4.81. The standard InChI is InChI=1S/C20H19ClN4O2/c1-12-3-8-15(9-4-12)25-19(13-5-6-13)18(23-24-25)20(26)22-16-11-14(21)7-10-17(16)27-2/h3-4,7-11,13H,5-6H2,1-2H3,(H,22,26). The van der Waals surface area contributed by atoms with Crippen LogP contribution >= 0.6 is 11.6 Å². The van der Waals surface area contributed by atoms with Crippen LogP contribution in [0.1, 0.15) is 40.5 Å². The number of carbonyl (C=O) groups is 1. The van der Waals surface area contributed by atoms with Gasteiger partial charge in [-0.3, -0.25) is 4.79 Å². The molecule has 2 aromatic carbocycles. The van der Waals surface area contributed by atoms with Crippen molar-refractivity contribution in [2.24, 2.45) is 0 Å². The number of halogens is 1. The minimum absolute atomic E-state index is 0.295. The normalized spacial score (nSPS) is 13.4. The summed E-state index contributed by atoms with van der Waals surface area (Å²) in [7, 11) is 1.54. The second-order valence-corrected chi connectivity index (χ2v) is 7.08. The van der Waals surface area contributed by atoms with Crippen molar-refractivity contribution in [2.45, 2.75) is 25.7 Å². The quantitative estimate of drug-likeness (QED) is 0.711. The lowest BCUT2D eigenvalue weighted by atomic mass is 10.2. The summed E-state index contributed by atoms with van der Waals surface area (Å²) in [5.41, 5.74) is 3.74. The molecule has 138 valence electrons. The SMILES string of the molecule is COc1ccc(Cl)cc1NC(=O)c1nnn(-c2ccc(C)cc2)c1C1CC1. The number of amides is 1. The number of rotatable bonds is 5. The number of methoxy groups -OCH3 is 1. The molecule has 1 aliphatic rings. The van der Waals surface area contributed by atoms with Gasteiger partial charge in [-0.15, -0.1) is 5.10 Å². The number of benzene rings is 2. The molecule has 0 spiro atoms. The molecule has 0 atom stereocenters. The zero-order valence-corrected chi connectivity index (χ0v) is 15.8. The molecule has 1 fully saturated rings. The van der Waals surface area contributed by atoms with Gasteiger partial charge in [0.15, 0.2) is 5.69 Å². The Hall–Kier alpha value is -2.86. The average molecular weight is 383 g/mol. The van der Waals surface area contributed by atoms with Gasteiger partial charge in [0.1, 0.15) is 5.75 Å². The van der Waals surface area contributed by atoms with E-state index in [9.17, 15) is 4.79 Å². The van der Waals surface area contributed by atoms with Crippen LogP contribution in [0.25, 0.3) is 5.69 Å². The molecule has 0 aliphatic heterocycles. The Bertz CT molecular complexity index is 994. The van der Waals surface area contributed by atoms with Crippen LogP contribution in [0.3, 0.4) is 0 Å². The molecule has 0 radical (unpaired) electrons. The van der Waals surface area contributed by atoms with E-state index in [1.165, 1.54) is 0 Å². The summed E-state index contributed by atoms with van der Waals surface area (Å²) >= 11 is 6.05. The number of hydrogen-bond donors (Lipinski definition) is 1.